The zero-order valence-electron chi connectivity index (χ0n) is 10.9. The van der Waals surface area contributed by atoms with Crippen molar-refractivity contribution in [3.8, 4) is 5.75 Å². The Morgan fingerprint density at radius 2 is 2.20 bits per heavy atom. The van der Waals surface area contributed by atoms with E-state index in [0.717, 1.165) is 6.20 Å². The molecule has 0 unspecified atom stereocenters. The van der Waals surface area contributed by atoms with E-state index in [1.807, 2.05) is 6.92 Å². The first-order chi connectivity index (χ1) is 9.69. The van der Waals surface area contributed by atoms with Crippen molar-refractivity contribution in [1.82, 2.24) is 4.98 Å². The molecular weight excluding hydrogens is 261 g/mol. The van der Waals surface area contributed by atoms with Crippen molar-refractivity contribution in [3.05, 3.63) is 48.5 Å². The molecule has 0 spiro atoms. The summed E-state index contributed by atoms with van der Waals surface area (Å²) < 4.78 is 18.7. The first-order valence-corrected chi connectivity index (χ1v) is 6.09. The van der Waals surface area contributed by atoms with E-state index in [1.54, 1.807) is 24.3 Å². The Hall–Kier alpha value is -2.63. The third-order valence-electron chi connectivity index (χ3n) is 2.42. The SMILES string of the molecule is CCOc1cccc(NC(=O)Nc2ccncc2F)c1. The lowest BCUT2D eigenvalue weighted by molar-refractivity contribution is 0.262. The van der Waals surface area contributed by atoms with E-state index in [1.165, 1.54) is 12.3 Å². The quantitative estimate of drug-likeness (QED) is 0.900. The summed E-state index contributed by atoms with van der Waals surface area (Å²) in [5.41, 5.74) is 0.626. The first kappa shape index (κ1) is 13.8. The van der Waals surface area contributed by atoms with Gasteiger partial charge in [0, 0.05) is 18.0 Å². The van der Waals surface area contributed by atoms with Crippen LogP contribution in [0.4, 0.5) is 20.6 Å². The number of hydrogen-bond acceptors (Lipinski definition) is 3. The molecular formula is C14H14FN3O2. The molecule has 0 radical (unpaired) electrons. The second-order valence-electron chi connectivity index (χ2n) is 3.90. The minimum absolute atomic E-state index is 0.0680. The third kappa shape index (κ3) is 3.68. The topological polar surface area (TPSA) is 63.2 Å². The number of carbonyl (C=O) groups excluding carboxylic acids is 1. The predicted molar refractivity (Wildman–Crippen MR) is 74.4 cm³/mol. The summed E-state index contributed by atoms with van der Waals surface area (Å²) in [5.74, 6) is 0.0612. The van der Waals surface area contributed by atoms with Gasteiger partial charge in [-0.15, -0.1) is 0 Å². The molecule has 0 aliphatic rings. The van der Waals surface area contributed by atoms with Crippen molar-refractivity contribution >= 4 is 17.4 Å². The van der Waals surface area contributed by atoms with Crippen LogP contribution in [0, 0.1) is 5.82 Å². The summed E-state index contributed by atoms with van der Waals surface area (Å²) in [6.45, 7) is 2.41. The molecule has 5 nitrogen and oxygen atoms in total. The number of pyridine rings is 1. The van der Waals surface area contributed by atoms with Crippen LogP contribution < -0.4 is 15.4 Å². The maximum atomic E-state index is 13.3. The number of aromatic nitrogens is 1. The van der Waals surface area contributed by atoms with Gasteiger partial charge >= 0.3 is 6.03 Å². The Morgan fingerprint density at radius 1 is 1.35 bits per heavy atom. The van der Waals surface area contributed by atoms with Crippen LogP contribution in [-0.2, 0) is 0 Å². The van der Waals surface area contributed by atoms with E-state index < -0.39 is 11.8 Å². The van der Waals surface area contributed by atoms with Crippen molar-refractivity contribution in [2.24, 2.45) is 0 Å². The lowest BCUT2D eigenvalue weighted by Crippen LogP contribution is -2.20. The zero-order chi connectivity index (χ0) is 14.4. The predicted octanol–water partition coefficient (Wildman–Crippen LogP) is 3.26. The minimum atomic E-state index is -0.592. The molecule has 0 aliphatic carbocycles. The molecule has 2 aromatic rings. The lowest BCUT2D eigenvalue weighted by atomic mass is 10.3. The van der Waals surface area contributed by atoms with Gasteiger partial charge in [-0.1, -0.05) is 6.07 Å². The molecule has 0 saturated heterocycles. The molecule has 0 aliphatic heterocycles. The Bertz CT molecular complexity index is 604. The van der Waals surface area contributed by atoms with Gasteiger partial charge in [-0.2, -0.15) is 0 Å². The number of nitrogens with zero attached hydrogens (tertiary/aromatic N) is 1. The van der Waals surface area contributed by atoms with Gasteiger partial charge in [0.15, 0.2) is 5.82 Å². The highest BCUT2D eigenvalue weighted by Crippen LogP contribution is 2.18. The number of amides is 2. The van der Waals surface area contributed by atoms with Crippen LogP contribution in [0.3, 0.4) is 0 Å². The molecule has 2 rings (SSSR count). The maximum Gasteiger partial charge on any atom is 0.323 e. The third-order valence-corrected chi connectivity index (χ3v) is 2.42. The number of hydrogen-bond donors (Lipinski definition) is 2. The van der Waals surface area contributed by atoms with Crippen molar-refractivity contribution in [1.29, 1.82) is 0 Å². The summed E-state index contributed by atoms with van der Waals surface area (Å²) in [7, 11) is 0. The van der Waals surface area contributed by atoms with Gasteiger partial charge in [-0.25, -0.2) is 9.18 Å². The van der Waals surface area contributed by atoms with Crippen molar-refractivity contribution in [2.45, 2.75) is 6.92 Å². The van der Waals surface area contributed by atoms with Gasteiger partial charge in [0.05, 0.1) is 18.5 Å². The normalized spacial score (nSPS) is 9.90. The summed E-state index contributed by atoms with van der Waals surface area (Å²) in [4.78, 5) is 15.4. The summed E-state index contributed by atoms with van der Waals surface area (Å²) >= 11 is 0. The molecule has 104 valence electrons. The fourth-order valence-corrected chi connectivity index (χ4v) is 1.59. The average molecular weight is 275 g/mol. The Morgan fingerprint density at radius 3 is 2.95 bits per heavy atom. The van der Waals surface area contributed by atoms with Crippen LogP contribution in [0.2, 0.25) is 0 Å². The Labute approximate surface area is 115 Å². The molecule has 1 aromatic heterocycles. The molecule has 6 heteroatoms. The number of benzene rings is 1. The van der Waals surface area contributed by atoms with Gasteiger partial charge in [-0.3, -0.25) is 4.98 Å². The molecule has 1 heterocycles. The van der Waals surface area contributed by atoms with E-state index in [0.29, 0.717) is 18.0 Å². The molecule has 2 N–H and O–H groups in total. The van der Waals surface area contributed by atoms with Crippen LogP contribution in [0.1, 0.15) is 6.92 Å². The summed E-state index contributed by atoms with van der Waals surface area (Å²) in [5, 5.41) is 5.00. The molecule has 0 atom stereocenters. The number of anilines is 2. The highest BCUT2D eigenvalue weighted by Gasteiger charge is 2.07. The molecule has 0 fully saturated rings. The summed E-state index contributed by atoms with van der Waals surface area (Å²) in [6.07, 6.45) is 2.43. The van der Waals surface area contributed by atoms with Gasteiger partial charge in [0.25, 0.3) is 0 Å². The lowest BCUT2D eigenvalue weighted by Gasteiger charge is -2.09. The van der Waals surface area contributed by atoms with Crippen molar-refractivity contribution in [3.63, 3.8) is 0 Å². The van der Waals surface area contributed by atoms with Gasteiger partial charge in [0.1, 0.15) is 5.75 Å². The fraction of sp³-hybridized carbons (Fsp3) is 0.143. The smallest absolute Gasteiger partial charge is 0.323 e. The second kappa shape index (κ2) is 6.51. The number of rotatable bonds is 4. The molecule has 20 heavy (non-hydrogen) atoms. The highest BCUT2D eigenvalue weighted by atomic mass is 19.1. The molecule has 0 saturated carbocycles. The zero-order valence-corrected chi connectivity index (χ0v) is 10.9. The van der Waals surface area contributed by atoms with Crippen LogP contribution in [-0.4, -0.2) is 17.6 Å². The Balaban J connectivity index is 2.01. The van der Waals surface area contributed by atoms with E-state index >= 15 is 0 Å². The van der Waals surface area contributed by atoms with Crippen LogP contribution in [0.15, 0.2) is 42.7 Å². The van der Waals surface area contributed by atoms with Gasteiger partial charge < -0.3 is 15.4 Å². The first-order valence-electron chi connectivity index (χ1n) is 6.09. The fourth-order valence-electron chi connectivity index (χ4n) is 1.59. The average Bonchev–Trinajstić information content (AvgIpc) is 2.42. The largest absolute Gasteiger partial charge is 0.494 e. The van der Waals surface area contributed by atoms with Crippen LogP contribution >= 0.6 is 0 Å². The second-order valence-corrected chi connectivity index (χ2v) is 3.90. The maximum absolute atomic E-state index is 13.3. The number of urea groups is 1. The van der Waals surface area contributed by atoms with Crippen LogP contribution in [0.25, 0.3) is 0 Å². The molecule has 1 aromatic carbocycles. The van der Waals surface area contributed by atoms with Gasteiger partial charge in [0.2, 0.25) is 0 Å². The van der Waals surface area contributed by atoms with E-state index in [-0.39, 0.29) is 5.69 Å². The van der Waals surface area contributed by atoms with E-state index in [2.05, 4.69) is 15.6 Å². The van der Waals surface area contributed by atoms with Crippen molar-refractivity contribution in [2.75, 3.05) is 17.2 Å². The number of ether oxygens (including phenoxy) is 1. The monoisotopic (exact) mass is 275 g/mol. The molecule has 2 amide bonds. The standard InChI is InChI=1S/C14H14FN3O2/c1-2-20-11-5-3-4-10(8-11)17-14(19)18-13-6-7-16-9-12(13)15/h3-9H,2H2,1H3,(H2,16,17,18,19). The Kier molecular flexibility index (Phi) is 4.49. The summed E-state index contributed by atoms with van der Waals surface area (Å²) in [6, 6.07) is 7.79. The number of halogens is 1. The van der Waals surface area contributed by atoms with Crippen LogP contribution in [0.5, 0.6) is 5.75 Å². The van der Waals surface area contributed by atoms with E-state index in [9.17, 15) is 9.18 Å². The molecule has 0 bridgehead atoms. The number of carbonyl (C=O) groups is 1. The number of nitrogens with one attached hydrogen (secondary N) is 2. The van der Waals surface area contributed by atoms with Gasteiger partial charge in [-0.05, 0) is 25.1 Å². The minimum Gasteiger partial charge on any atom is -0.494 e. The van der Waals surface area contributed by atoms with Crippen molar-refractivity contribution < 1.29 is 13.9 Å². The highest BCUT2D eigenvalue weighted by molar-refractivity contribution is 5.99. The van der Waals surface area contributed by atoms with E-state index in [4.69, 9.17) is 4.74 Å².